The van der Waals surface area contributed by atoms with Gasteiger partial charge in [-0.2, -0.15) is 0 Å². The molecule has 3 heteroatoms. The van der Waals surface area contributed by atoms with Crippen molar-refractivity contribution in [2.24, 2.45) is 0 Å². The Balaban J connectivity index is 2.24. The van der Waals surface area contributed by atoms with E-state index >= 15 is 0 Å². The quantitative estimate of drug-likeness (QED) is 0.610. The van der Waals surface area contributed by atoms with E-state index in [1.165, 1.54) is 0 Å². The van der Waals surface area contributed by atoms with Crippen LogP contribution in [0.15, 0.2) is 51.5 Å². The maximum Gasteiger partial charge on any atom is 0.185 e. The molecule has 0 fully saturated rings. The van der Waals surface area contributed by atoms with Crippen LogP contribution < -0.4 is 0 Å². The largest absolute Gasteiger partial charge is 0.464 e. The van der Waals surface area contributed by atoms with Crippen molar-refractivity contribution in [3.8, 4) is 11.3 Å². The lowest BCUT2D eigenvalue weighted by molar-refractivity contribution is 0.110. The molecule has 2 aromatic heterocycles. The molecule has 0 amide bonds. The zero-order chi connectivity index (χ0) is 11.0. The molecule has 3 aromatic rings. The third-order valence-corrected chi connectivity index (χ3v) is 2.49. The highest BCUT2D eigenvalue weighted by atomic mass is 16.4. The van der Waals surface area contributed by atoms with Crippen molar-refractivity contribution in [1.29, 1.82) is 0 Å². The van der Waals surface area contributed by atoms with E-state index in [0.29, 0.717) is 17.8 Å². The van der Waals surface area contributed by atoms with E-state index in [1.807, 2.05) is 24.3 Å². The van der Waals surface area contributed by atoms with Crippen LogP contribution in [0.1, 0.15) is 10.6 Å². The molecule has 0 aliphatic carbocycles. The highest BCUT2D eigenvalue weighted by Gasteiger charge is 2.10. The molecule has 0 N–H and O–H groups in total. The lowest BCUT2D eigenvalue weighted by Crippen LogP contribution is -1.75. The first kappa shape index (κ1) is 8.97. The Bertz CT molecular complexity index is 646. The number of carbonyl (C=O) groups is 1. The summed E-state index contributed by atoms with van der Waals surface area (Å²) in [7, 11) is 0. The van der Waals surface area contributed by atoms with Crippen LogP contribution in [-0.4, -0.2) is 6.29 Å². The Kier molecular flexibility index (Phi) is 1.90. The van der Waals surface area contributed by atoms with E-state index in [-0.39, 0.29) is 0 Å². The van der Waals surface area contributed by atoms with Gasteiger partial charge in [-0.25, -0.2) is 0 Å². The summed E-state index contributed by atoms with van der Waals surface area (Å²) in [4.78, 5) is 10.5. The van der Waals surface area contributed by atoms with Crippen LogP contribution in [0.4, 0.5) is 0 Å². The summed E-state index contributed by atoms with van der Waals surface area (Å²) in [6.07, 6.45) is 2.32. The van der Waals surface area contributed by atoms with E-state index in [4.69, 9.17) is 8.83 Å². The highest BCUT2D eigenvalue weighted by Crippen LogP contribution is 2.30. The summed E-state index contributed by atoms with van der Waals surface area (Å²) in [6, 6.07) is 11.1. The molecular formula is C13H8O3. The molecule has 78 valence electrons. The van der Waals surface area contributed by atoms with Crippen molar-refractivity contribution in [1.82, 2.24) is 0 Å². The summed E-state index contributed by atoms with van der Waals surface area (Å²) in [5, 5.41) is 1.02. The van der Waals surface area contributed by atoms with Crippen LogP contribution in [0.25, 0.3) is 22.3 Å². The van der Waals surface area contributed by atoms with Gasteiger partial charge in [-0.3, -0.25) is 4.79 Å². The first-order valence-electron chi connectivity index (χ1n) is 4.90. The molecule has 0 aliphatic rings. The van der Waals surface area contributed by atoms with Crippen LogP contribution in [0.5, 0.6) is 0 Å². The monoisotopic (exact) mass is 212 g/mol. The normalized spacial score (nSPS) is 10.8. The summed E-state index contributed by atoms with van der Waals surface area (Å²) in [5.74, 6) is 0.959. The van der Waals surface area contributed by atoms with Gasteiger partial charge in [0.15, 0.2) is 12.0 Å². The first-order chi connectivity index (χ1) is 7.88. The first-order valence-corrected chi connectivity index (χ1v) is 4.90. The fraction of sp³-hybridized carbons (Fsp3) is 0. The molecule has 2 heterocycles. The van der Waals surface area contributed by atoms with Crippen LogP contribution in [-0.2, 0) is 0 Å². The zero-order valence-corrected chi connectivity index (χ0v) is 8.34. The molecule has 0 radical (unpaired) electrons. The predicted octanol–water partition coefficient (Wildman–Crippen LogP) is 3.51. The lowest BCUT2D eigenvalue weighted by Gasteiger charge is -1.97. The number of furan rings is 2. The minimum Gasteiger partial charge on any atom is -0.464 e. The van der Waals surface area contributed by atoms with Crippen molar-refractivity contribution >= 4 is 17.3 Å². The number of carbonyl (C=O) groups excluding carboxylic acids is 1. The van der Waals surface area contributed by atoms with Crippen LogP contribution in [0.3, 0.4) is 0 Å². The molecule has 0 saturated carbocycles. The number of aldehydes is 1. The van der Waals surface area contributed by atoms with E-state index < -0.39 is 0 Å². The number of benzene rings is 1. The molecule has 0 spiro atoms. The Hall–Kier alpha value is -2.29. The number of para-hydroxylation sites is 1. The molecule has 0 saturated heterocycles. The standard InChI is InChI=1S/C13H8O3/c14-8-10-4-5-12(16-10)11-3-1-2-9-6-7-15-13(9)11/h1-8H. The Labute approximate surface area is 91.3 Å². The van der Waals surface area contributed by atoms with E-state index in [2.05, 4.69) is 0 Å². The average Bonchev–Trinajstić information content (AvgIpc) is 2.97. The minimum atomic E-state index is 0.318. The van der Waals surface area contributed by atoms with Crippen LogP contribution in [0.2, 0.25) is 0 Å². The fourth-order valence-corrected chi connectivity index (χ4v) is 1.75. The second-order valence-electron chi connectivity index (χ2n) is 3.46. The third kappa shape index (κ3) is 1.26. The van der Waals surface area contributed by atoms with Gasteiger partial charge in [0, 0.05) is 5.39 Å². The molecule has 0 atom stereocenters. The zero-order valence-electron chi connectivity index (χ0n) is 8.34. The second-order valence-corrected chi connectivity index (χ2v) is 3.46. The van der Waals surface area contributed by atoms with Gasteiger partial charge in [0.25, 0.3) is 0 Å². The van der Waals surface area contributed by atoms with Crippen molar-refractivity contribution in [2.45, 2.75) is 0 Å². The Morgan fingerprint density at radius 2 is 2.00 bits per heavy atom. The number of rotatable bonds is 2. The van der Waals surface area contributed by atoms with E-state index in [0.717, 1.165) is 16.5 Å². The fourth-order valence-electron chi connectivity index (χ4n) is 1.75. The number of hydrogen-bond acceptors (Lipinski definition) is 3. The van der Waals surface area contributed by atoms with Gasteiger partial charge >= 0.3 is 0 Å². The van der Waals surface area contributed by atoms with Crippen molar-refractivity contribution in [2.75, 3.05) is 0 Å². The third-order valence-electron chi connectivity index (χ3n) is 2.49. The smallest absolute Gasteiger partial charge is 0.185 e. The average molecular weight is 212 g/mol. The van der Waals surface area contributed by atoms with E-state index in [9.17, 15) is 4.79 Å². The van der Waals surface area contributed by atoms with Gasteiger partial charge in [0.05, 0.1) is 11.8 Å². The van der Waals surface area contributed by atoms with Crippen LogP contribution in [0, 0.1) is 0 Å². The summed E-state index contributed by atoms with van der Waals surface area (Å²) in [5.41, 5.74) is 1.63. The summed E-state index contributed by atoms with van der Waals surface area (Å²) < 4.78 is 10.8. The molecule has 1 aromatic carbocycles. The number of fused-ring (bicyclic) bond motifs is 1. The maximum atomic E-state index is 10.5. The molecule has 16 heavy (non-hydrogen) atoms. The summed E-state index contributed by atoms with van der Waals surface area (Å²) >= 11 is 0. The summed E-state index contributed by atoms with van der Waals surface area (Å²) in [6.45, 7) is 0. The SMILES string of the molecule is O=Cc1ccc(-c2cccc3ccoc23)o1. The topological polar surface area (TPSA) is 43.4 Å². The predicted molar refractivity (Wildman–Crippen MR) is 59.3 cm³/mol. The van der Waals surface area contributed by atoms with Gasteiger partial charge in [0.2, 0.25) is 0 Å². The van der Waals surface area contributed by atoms with Gasteiger partial charge in [-0.1, -0.05) is 12.1 Å². The molecule has 3 nitrogen and oxygen atoms in total. The molecule has 0 unspecified atom stereocenters. The molecule has 3 rings (SSSR count). The van der Waals surface area contributed by atoms with Crippen molar-refractivity contribution < 1.29 is 13.6 Å². The second kappa shape index (κ2) is 3.38. The molecule has 0 bridgehead atoms. The Morgan fingerprint density at radius 3 is 2.81 bits per heavy atom. The highest BCUT2D eigenvalue weighted by molar-refractivity contribution is 5.91. The Morgan fingerprint density at radius 1 is 1.06 bits per heavy atom. The van der Waals surface area contributed by atoms with Crippen molar-refractivity contribution in [3.05, 3.63) is 48.4 Å². The van der Waals surface area contributed by atoms with Gasteiger partial charge in [-0.15, -0.1) is 0 Å². The maximum absolute atomic E-state index is 10.5. The van der Waals surface area contributed by atoms with Gasteiger partial charge in [-0.05, 0) is 24.3 Å². The van der Waals surface area contributed by atoms with Crippen LogP contribution >= 0.6 is 0 Å². The minimum absolute atomic E-state index is 0.318. The van der Waals surface area contributed by atoms with Gasteiger partial charge < -0.3 is 8.83 Å². The van der Waals surface area contributed by atoms with Gasteiger partial charge in [0.1, 0.15) is 11.3 Å². The van der Waals surface area contributed by atoms with Crippen molar-refractivity contribution in [3.63, 3.8) is 0 Å². The molecular weight excluding hydrogens is 204 g/mol. The lowest BCUT2D eigenvalue weighted by atomic mass is 10.1. The van der Waals surface area contributed by atoms with E-state index in [1.54, 1.807) is 18.4 Å². The molecule has 0 aliphatic heterocycles. The number of hydrogen-bond donors (Lipinski definition) is 0.